The third-order valence-electron chi connectivity index (χ3n) is 2.55. The zero-order chi connectivity index (χ0) is 13.7. The molecule has 0 unspecified atom stereocenters. The highest BCUT2D eigenvalue weighted by Gasteiger charge is 2.03. The first-order chi connectivity index (χ1) is 9.17. The van der Waals surface area contributed by atoms with Crippen LogP contribution in [0.3, 0.4) is 0 Å². The van der Waals surface area contributed by atoms with Crippen LogP contribution in [0.15, 0.2) is 58.3 Å². The zero-order valence-electron chi connectivity index (χ0n) is 10.4. The molecule has 2 aromatic carbocycles. The number of esters is 1. The number of hydrogen-bond donors (Lipinski definition) is 0. The zero-order valence-corrected chi connectivity index (χ0v) is 12.0. The van der Waals surface area contributed by atoms with Crippen molar-refractivity contribution in [3.05, 3.63) is 59.1 Å². The Hall–Kier alpha value is -1.45. The number of carbonyl (C=O) groups is 1. The molecule has 4 heteroatoms. The minimum atomic E-state index is -0.224. The Morgan fingerprint density at radius 1 is 1.05 bits per heavy atom. The number of hydrogen-bond acceptors (Lipinski definition) is 3. The van der Waals surface area contributed by atoms with E-state index in [0.717, 1.165) is 20.4 Å². The maximum atomic E-state index is 11.1. The van der Waals surface area contributed by atoms with Crippen LogP contribution in [0.5, 0.6) is 0 Å². The van der Waals surface area contributed by atoms with E-state index < -0.39 is 0 Å². The van der Waals surface area contributed by atoms with E-state index >= 15 is 0 Å². The van der Waals surface area contributed by atoms with Crippen molar-refractivity contribution >= 4 is 29.3 Å². The van der Waals surface area contributed by atoms with Gasteiger partial charge < -0.3 is 4.74 Å². The fourth-order valence-corrected chi connectivity index (χ4v) is 2.50. The molecule has 98 valence electrons. The monoisotopic (exact) mass is 292 g/mol. The molecule has 0 atom stereocenters. The van der Waals surface area contributed by atoms with Gasteiger partial charge in [0, 0.05) is 14.8 Å². The number of ether oxygens (including phenoxy) is 1. The molecule has 0 aliphatic heterocycles. The molecule has 0 radical (unpaired) electrons. The van der Waals surface area contributed by atoms with Crippen LogP contribution in [0.4, 0.5) is 0 Å². The van der Waals surface area contributed by atoms with Gasteiger partial charge in [0.2, 0.25) is 0 Å². The second kappa shape index (κ2) is 6.64. The molecule has 0 heterocycles. The van der Waals surface area contributed by atoms with E-state index in [2.05, 4.69) is 4.74 Å². The Kier molecular flexibility index (Phi) is 4.88. The Labute approximate surface area is 121 Å². The van der Waals surface area contributed by atoms with Crippen LogP contribution in [0.1, 0.15) is 5.56 Å². The van der Waals surface area contributed by atoms with Gasteiger partial charge in [-0.1, -0.05) is 35.5 Å². The number of halogens is 1. The van der Waals surface area contributed by atoms with E-state index in [0.29, 0.717) is 6.42 Å². The first-order valence-electron chi connectivity index (χ1n) is 5.76. The van der Waals surface area contributed by atoms with Crippen molar-refractivity contribution in [3.8, 4) is 0 Å². The summed E-state index contributed by atoms with van der Waals surface area (Å²) < 4.78 is 4.63. The van der Waals surface area contributed by atoms with E-state index in [1.807, 2.05) is 48.5 Å². The van der Waals surface area contributed by atoms with Crippen LogP contribution in [-0.2, 0) is 16.0 Å². The largest absolute Gasteiger partial charge is 0.469 e. The first kappa shape index (κ1) is 14.0. The fourth-order valence-electron chi connectivity index (χ4n) is 1.55. The topological polar surface area (TPSA) is 26.3 Å². The molecule has 0 aromatic heterocycles. The summed E-state index contributed by atoms with van der Waals surface area (Å²) in [6, 6.07) is 15.6. The second-order valence-electron chi connectivity index (χ2n) is 3.95. The average molecular weight is 293 g/mol. The second-order valence-corrected chi connectivity index (χ2v) is 5.54. The van der Waals surface area contributed by atoms with Crippen LogP contribution in [0, 0.1) is 0 Å². The molecular formula is C15H13ClO2S. The molecule has 2 nitrogen and oxygen atoms in total. The van der Waals surface area contributed by atoms with E-state index in [1.165, 1.54) is 7.11 Å². The molecule has 0 N–H and O–H groups in total. The van der Waals surface area contributed by atoms with Gasteiger partial charge >= 0.3 is 5.97 Å². The van der Waals surface area contributed by atoms with Gasteiger partial charge in [0.05, 0.1) is 13.5 Å². The molecule has 0 bridgehead atoms. The highest BCUT2D eigenvalue weighted by atomic mass is 35.5. The van der Waals surface area contributed by atoms with Crippen LogP contribution in [0.2, 0.25) is 5.02 Å². The number of methoxy groups -OCH3 is 1. The molecule has 0 fully saturated rings. The molecule has 0 spiro atoms. The Bertz CT molecular complexity index is 549. The lowest BCUT2D eigenvalue weighted by Crippen LogP contribution is -2.03. The normalized spacial score (nSPS) is 10.2. The van der Waals surface area contributed by atoms with Crippen molar-refractivity contribution in [1.29, 1.82) is 0 Å². The summed E-state index contributed by atoms with van der Waals surface area (Å²) in [7, 11) is 1.40. The van der Waals surface area contributed by atoms with Gasteiger partial charge in [-0.3, -0.25) is 4.79 Å². The molecule has 0 saturated heterocycles. The van der Waals surface area contributed by atoms with Crippen molar-refractivity contribution in [1.82, 2.24) is 0 Å². The Balaban J connectivity index is 2.02. The standard InChI is InChI=1S/C15H13ClO2S/c1-18-15(17)10-11-2-6-13(7-3-11)19-14-8-4-12(16)5-9-14/h2-9H,10H2,1H3. The summed E-state index contributed by atoms with van der Waals surface area (Å²) in [4.78, 5) is 13.4. The molecular weight excluding hydrogens is 280 g/mol. The average Bonchev–Trinajstić information content (AvgIpc) is 2.43. The van der Waals surface area contributed by atoms with E-state index in [4.69, 9.17) is 11.6 Å². The third kappa shape index (κ3) is 4.30. The van der Waals surface area contributed by atoms with Gasteiger partial charge in [-0.15, -0.1) is 0 Å². The van der Waals surface area contributed by atoms with Crippen LogP contribution >= 0.6 is 23.4 Å². The highest BCUT2D eigenvalue weighted by Crippen LogP contribution is 2.28. The molecule has 0 aliphatic rings. The minimum Gasteiger partial charge on any atom is -0.469 e. The van der Waals surface area contributed by atoms with E-state index in [9.17, 15) is 4.79 Å². The number of carbonyl (C=O) groups excluding carboxylic acids is 1. The van der Waals surface area contributed by atoms with Crippen molar-refractivity contribution < 1.29 is 9.53 Å². The molecule has 0 saturated carbocycles. The predicted molar refractivity (Wildman–Crippen MR) is 77.7 cm³/mol. The first-order valence-corrected chi connectivity index (χ1v) is 6.96. The molecule has 19 heavy (non-hydrogen) atoms. The van der Waals surface area contributed by atoms with Gasteiger partial charge in [0.1, 0.15) is 0 Å². The van der Waals surface area contributed by atoms with Crippen LogP contribution in [-0.4, -0.2) is 13.1 Å². The summed E-state index contributed by atoms with van der Waals surface area (Å²) in [6.45, 7) is 0. The smallest absolute Gasteiger partial charge is 0.309 e. The fraction of sp³-hybridized carbons (Fsp3) is 0.133. The van der Waals surface area contributed by atoms with Crippen LogP contribution < -0.4 is 0 Å². The van der Waals surface area contributed by atoms with Crippen molar-refractivity contribution in [2.24, 2.45) is 0 Å². The Morgan fingerprint density at radius 3 is 2.11 bits per heavy atom. The predicted octanol–water partition coefficient (Wildman–Crippen LogP) is 4.21. The van der Waals surface area contributed by atoms with Gasteiger partial charge in [0.25, 0.3) is 0 Å². The van der Waals surface area contributed by atoms with Gasteiger partial charge in [0.15, 0.2) is 0 Å². The SMILES string of the molecule is COC(=O)Cc1ccc(Sc2ccc(Cl)cc2)cc1. The maximum absolute atomic E-state index is 11.1. The summed E-state index contributed by atoms with van der Waals surface area (Å²) in [5, 5.41) is 0.734. The minimum absolute atomic E-state index is 0.224. The number of benzene rings is 2. The van der Waals surface area contributed by atoms with E-state index in [-0.39, 0.29) is 5.97 Å². The Morgan fingerprint density at radius 2 is 1.58 bits per heavy atom. The molecule has 0 aliphatic carbocycles. The van der Waals surface area contributed by atoms with Gasteiger partial charge in [-0.2, -0.15) is 0 Å². The summed E-state index contributed by atoms with van der Waals surface area (Å²) in [5.41, 5.74) is 0.951. The van der Waals surface area contributed by atoms with Crippen molar-refractivity contribution in [3.63, 3.8) is 0 Å². The third-order valence-corrected chi connectivity index (χ3v) is 3.82. The lowest BCUT2D eigenvalue weighted by atomic mass is 10.2. The quantitative estimate of drug-likeness (QED) is 0.790. The highest BCUT2D eigenvalue weighted by molar-refractivity contribution is 7.99. The maximum Gasteiger partial charge on any atom is 0.309 e. The summed E-state index contributed by atoms with van der Waals surface area (Å²) >= 11 is 7.50. The summed E-state index contributed by atoms with van der Waals surface area (Å²) in [6.07, 6.45) is 0.308. The van der Waals surface area contributed by atoms with Crippen molar-refractivity contribution in [2.45, 2.75) is 16.2 Å². The van der Waals surface area contributed by atoms with Gasteiger partial charge in [-0.25, -0.2) is 0 Å². The number of rotatable bonds is 4. The molecule has 0 amide bonds. The molecule has 2 aromatic rings. The lowest BCUT2D eigenvalue weighted by molar-refractivity contribution is -0.139. The van der Waals surface area contributed by atoms with Crippen molar-refractivity contribution in [2.75, 3.05) is 7.11 Å². The van der Waals surface area contributed by atoms with E-state index in [1.54, 1.807) is 11.8 Å². The van der Waals surface area contributed by atoms with Gasteiger partial charge in [-0.05, 0) is 42.0 Å². The molecule has 2 rings (SSSR count). The summed E-state index contributed by atoms with van der Waals surface area (Å²) in [5.74, 6) is -0.224. The lowest BCUT2D eigenvalue weighted by Gasteiger charge is -2.04. The van der Waals surface area contributed by atoms with Crippen LogP contribution in [0.25, 0.3) is 0 Å².